The van der Waals surface area contributed by atoms with Crippen LogP contribution in [0.1, 0.15) is 0 Å². The van der Waals surface area contributed by atoms with Crippen LogP contribution in [-0.2, 0) is 0 Å². The fourth-order valence-electron chi connectivity index (χ4n) is 2.79. The summed E-state index contributed by atoms with van der Waals surface area (Å²) in [6, 6.07) is 14.3. The molecule has 4 rings (SSSR count). The lowest BCUT2D eigenvalue weighted by molar-refractivity contribution is 1.52. The van der Waals surface area contributed by atoms with Crippen LogP contribution in [0.3, 0.4) is 0 Å². The van der Waals surface area contributed by atoms with E-state index in [1.807, 2.05) is 36.4 Å². The zero-order valence-corrected chi connectivity index (χ0v) is 9.44. The normalized spacial score (nSPS) is 11.8. The van der Waals surface area contributed by atoms with Crippen molar-refractivity contribution in [3.05, 3.63) is 79.4 Å². The van der Waals surface area contributed by atoms with Gasteiger partial charge in [-0.3, -0.25) is 9.59 Å². The van der Waals surface area contributed by atoms with Crippen molar-refractivity contribution in [2.75, 3.05) is 0 Å². The van der Waals surface area contributed by atoms with Crippen molar-refractivity contribution in [1.82, 2.24) is 0 Å². The van der Waals surface area contributed by atoms with E-state index in [1.54, 1.807) is 12.1 Å². The minimum atomic E-state index is 0.0132. The quantitative estimate of drug-likeness (QED) is 0.466. The smallest absolute Gasteiger partial charge is 0.187 e. The van der Waals surface area contributed by atoms with E-state index in [-0.39, 0.29) is 10.9 Å². The number of rotatable bonds is 0. The summed E-state index contributed by atoms with van der Waals surface area (Å²) in [5, 5.41) is 4.90. The summed E-state index contributed by atoms with van der Waals surface area (Å²) >= 11 is 0. The van der Waals surface area contributed by atoms with E-state index in [2.05, 4.69) is 0 Å². The fourth-order valence-corrected chi connectivity index (χ4v) is 2.79. The molecule has 0 spiro atoms. The van der Waals surface area contributed by atoms with Gasteiger partial charge in [-0.15, -0.1) is 0 Å². The second-order valence-electron chi connectivity index (χ2n) is 4.56. The van der Waals surface area contributed by atoms with Gasteiger partial charge in [-0.25, -0.2) is 0 Å². The van der Waals surface area contributed by atoms with Gasteiger partial charge in [-0.1, -0.05) is 36.4 Å². The highest BCUT2D eigenvalue weighted by Crippen LogP contribution is 2.19. The lowest BCUT2D eigenvalue weighted by Gasteiger charge is -2.05. The van der Waals surface area contributed by atoms with Crippen LogP contribution in [0.5, 0.6) is 0 Å². The molecule has 0 bridgehead atoms. The van der Waals surface area contributed by atoms with Gasteiger partial charge in [0.15, 0.2) is 10.9 Å². The number of benzene rings is 2. The molecule has 18 heavy (non-hydrogen) atoms. The third kappa shape index (κ3) is 1.02. The Morgan fingerprint density at radius 2 is 1.06 bits per heavy atom. The molecule has 0 saturated heterocycles. The van der Waals surface area contributed by atoms with E-state index in [1.165, 1.54) is 0 Å². The highest BCUT2D eigenvalue weighted by atomic mass is 16.1. The summed E-state index contributed by atoms with van der Waals surface area (Å²) in [4.78, 5) is 24.1. The van der Waals surface area contributed by atoms with Crippen molar-refractivity contribution in [3.63, 3.8) is 0 Å². The Balaban J connectivity index is 2.69. The van der Waals surface area contributed by atoms with Gasteiger partial charge in [0.1, 0.15) is 0 Å². The van der Waals surface area contributed by atoms with Gasteiger partial charge >= 0.3 is 0 Å². The van der Waals surface area contributed by atoms with Gasteiger partial charge in [0, 0.05) is 21.2 Å². The Labute approximate surface area is 101 Å². The van der Waals surface area contributed by atoms with Gasteiger partial charge in [0.25, 0.3) is 0 Å². The van der Waals surface area contributed by atoms with Gasteiger partial charge < -0.3 is 0 Å². The molecule has 84 valence electrons. The van der Waals surface area contributed by atoms with Gasteiger partial charge in [0.05, 0.1) is 0 Å². The zero-order valence-electron chi connectivity index (χ0n) is 9.44. The minimum Gasteiger partial charge on any atom is -0.289 e. The van der Waals surface area contributed by atoms with E-state index in [0.29, 0.717) is 10.8 Å². The highest BCUT2D eigenvalue weighted by molar-refractivity contribution is 5.82. The van der Waals surface area contributed by atoms with Crippen LogP contribution in [0.15, 0.2) is 58.1 Å². The van der Waals surface area contributed by atoms with E-state index in [4.69, 9.17) is 0 Å². The first-order valence-electron chi connectivity index (χ1n) is 5.80. The molecule has 0 fully saturated rings. The van der Waals surface area contributed by atoms with Crippen LogP contribution in [0.2, 0.25) is 0 Å². The van der Waals surface area contributed by atoms with Crippen molar-refractivity contribution >= 4 is 21.5 Å². The second-order valence-corrected chi connectivity index (χ2v) is 4.56. The predicted molar refractivity (Wildman–Crippen MR) is 71.7 cm³/mol. The first-order valence-corrected chi connectivity index (χ1v) is 5.80. The SMILES string of the molecule is O=c1cc2cccc3c(=O)cc4cccc1c4=c23. The lowest BCUT2D eigenvalue weighted by atomic mass is 9.97. The summed E-state index contributed by atoms with van der Waals surface area (Å²) in [5.74, 6) is 0. The van der Waals surface area contributed by atoms with Gasteiger partial charge in [-0.05, 0) is 22.9 Å². The number of hydrogen-bond acceptors (Lipinski definition) is 2. The standard InChI is InChI=1S/C16H8O2/c17-13-8-10-4-2-6-12-14(18)7-9-3-1-5-11(13)15(9)16(10)12/h1-8H. The molecule has 2 aliphatic rings. The summed E-state index contributed by atoms with van der Waals surface area (Å²) < 4.78 is 0. The van der Waals surface area contributed by atoms with Crippen LogP contribution >= 0.6 is 0 Å². The van der Waals surface area contributed by atoms with Crippen molar-refractivity contribution < 1.29 is 0 Å². The molecule has 0 N–H and O–H groups in total. The average molecular weight is 232 g/mol. The molecule has 0 atom stereocenters. The van der Waals surface area contributed by atoms with Crippen LogP contribution in [-0.4, -0.2) is 0 Å². The highest BCUT2D eigenvalue weighted by Gasteiger charge is 2.08. The Morgan fingerprint density at radius 1 is 0.611 bits per heavy atom. The molecule has 2 aromatic carbocycles. The summed E-state index contributed by atoms with van der Waals surface area (Å²) in [6.07, 6.45) is 0. The molecular weight excluding hydrogens is 224 g/mol. The first-order chi connectivity index (χ1) is 8.75. The van der Waals surface area contributed by atoms with Gasteiger partial charge in [-0.2, -0.15) is 0 Å². The summed E-state index contributed by atoms with van der Waals surface area (Å²) in [7, 11) is 0. The van der Waals surface area contributed by atoms with E-state index in [0.717, 1.165) is 21.2 Å². The van der Waals surface area contributed by atoms with Crippen LogP contribution < -0.4 is 10.9 Å². The third-order valence-electron chi connectivity index (χ3n) is 3.55. The molecule has 0 aromatic heterocycles. The molecule has 0 radical (unpaired) electrons. The lowest BCUT2D eigenvalue weighted by Crippen LogP contribution is -2.07. The molecule has 2 heteroatoms. The van der Waals surface area contributed by atoms with Crippen LogP contribution in [0.4, 0.5) is 0 Å². The summed E-state index contributed by atoms with van der Waals surface area (Å²) in [6.45, 7) is 0. The van der Waals surface area contributed by atoms with Crippen molar-refractivity contribution in [2.24, 2.45) is 0 Å². The monoisotopic (exact) mass is 232 g/mol. The van der Waals surface area contributed by atoms with Crippen molar-refractivity contribution in [1.29, 1.82) is 0 Å². The van der Waals surface area contributed by atoms with Crippen LogP contribution in [0.25, 0.3) is 21.5 Å². The molecule has 2 aliphatic carbocycles. The first kappa shape index (κ1) is 9.54. The topological polar surface area (TPSA) is 34.1 Å². The molecule has 0 unspecified atom stereocenters. The minimum absolute atomic E-state index is 0.0132. The maximum atomic E-state index is 12.1. The maximum absolute atomic E-state index is 12.1. The largest absolute Gasteiger partial charge is 0.289 e. The zero-order chi connectivity index (χ0) is 12.3. The molecule has 0 heterocycles. The van der Waals surface area contributed by atoms with Crippen molar-refractivity contribution in [2.45, 2.75) is 0 Å². The maximum Gasteiger partial charge on any atom is 0.187 e. The number of hydrogen-bond donors (Lipinski definition) is 0. The molecule has 0 amide bonds. The van der Waals surface area contributed by atoms with Gasteiger partial charge in [0.2, 0.25) is 0 Å². The average Bonchev–Trinajstić information content (AvgIpc) is 2.38. The van der Waals surface area contributed by atoms with Crippen molar-refractivity contribution in [3.8, 4) is 0 Å². The molecule has 2 nitrogen and oxygen atoms in total. The summed E-state index contributed by atoms with van der Waals surface area (Å²) in [5.41, 5.74) is 0.0264. The van der Waals surface area contributed by atoms with E-state index < -0.39 is 0 Å². The Bertz CT molecular complexity index is 964. The Kier molecular flexibility index (Phi) is 1.61. The Morgan fingerprint density at radius 3 is 1.50 bits per heavy atom. The fraction of sp³-hybridized carbons (Fsp3) is 0. The predicted octanol–water partition coefficient (Wildman–Crippen LogP) is 2.31. The van der Waals surface area contributed by atoms with Crippen LogP contribution in [0, 0.1) is 10.4 Å². The van der Waals surface area contributed by atoms with E-state index >= 15 is 0 Å². The molecular formula is C16H8O2. The molecule has 2 aromatic rings. The molecule has 0 aliphatic heterocycles. The third-order valence-corrected chi connectivity index (χ3v) is 3.55. The van der Waals surface area contributed by atoms with E-state index in [9.17, 15) is 9.59 Å². The molecule has 0 saturated carbocycles. The Hall–Kier alpha value is -2.48. The second kappa shape index (κ2) is 3.05.